The van der Waals surface area contributed by atoms with E-state index in [1.165, 1.54) is 12.1 Å². The molecule has 0 spiro atoms. The number of hydrogen-bond donors (Lipinski definition) is 0. The van der Waals surface area contributed by atoms with Gasteiger partial charge < -0.3 is 9.47 Å². The zero-order valence-electron chi connectivity index (χ0n) is 10.8. The number of hydrogen-bond acceptors (Lipinski definition) is 3. The molecule has 18 heavy (non-hydrogen) atoms. The molecule has 0 atom stereocenters. The van der Waals surface area contributed by atoms with Crippen molar-refractivity contribution in [2.45, 2.75) is 6.54 Å². The molecule has 0 fully saturated rings. The van der Waals surface area contributed by atoms with E-state index < -0.39 is 0 Å². The molecule has 102 valence electrons. The molecule has 0 unspecified atom stereocenters. The van der Waals surface area contributed by atoms with Crippen molar-refractivity contribution in [1.82, 2.24) is 4.90 Å². The van der Waals surface area contributed by atoms with Crippen LogP contribution in [-0.2, 0) is 16.0 Å². The predicted molar refractivity (Wildman–Crippen MR) is 70.4 cm³/mol. The van der Waals surface area contributed by atoms with Gasteiger partial charge in [-0.25, -0.2) is 4.39 Å². The molecule has 0 aromatic heterocycles. The van der Waals surface area contributed by atoms with Crippen LogP contribution in [0.2, 0.25) is 5.02 Å². The third-order valence-corrected chi connectivity index (χ3v) is 2.98. The van der Waals surface area contributed by atoms with Crippen molar-refractivity contribution in [3.8, 4) is 0 Å². The monoisotopic (exact) mass is 275 g/mol. The maximum Gasteiger partial charge on any atom is 0.124 e. The first kappa shape index (κ1) is 15.4. The summed E-state index contributed by atoms with van der Waals surface area (Å²) in [6.07, 6.45) is 0. The second kappa shape index (κ2) is 8.43. The van der Waals surface area contributed by atoms with Gasteiger partial charge in [-0.2, -0.15) is 0 Å². The first-order valence-electron chi connectivity index (χ1n) is 5.81. The first-order chi connectivity index (χ1) is 8.67. The minimum atomic E-state index is -0.316. The van der Waals surface area contributed by atoms with Crippen LogP contribution < -0.4 is 0 Å². The number of rotatable bonds is 8. The smallest absolute Gasteiger partial charge is 0.124 e. The van der Waals surface area contributed by atoms with E-state index in [9.17, 15) is 4.39 Å². The van der Waals surface area contributed by atoms with Gasteiger partial charge in [-0.15, -0.1) is 0 Å². The molecule has 0 aliphatic heterocycles. The molecular weight excluding hydrogens is 257 g/mol. The molecular formula is C13H19ClFNO2. The molecule has 3 nitrogen and oxygen atoms in total. The summed E-state index contributed by atoms with van der Waals surface area (Å²) in [5.41, 5.74) is 0.908. The molecule has 0 aliphatic carbocycles. The average Bonchev–Trinajstić information content (AvgIpc) is 2.35. The predicted octanol–water partition coefficient (Wildman–Crippen LogP) is 2.57. The van der Waals surface area contributed by atoms with Crippen molar-refractivity contribution >= 4 is 11.6 Å². The van der Waals surface area contributed by atoms with Crippen LogP contribution in [0.5, 0.6) is 0 Å². The van der Waals surface area contributed by atoms with E-state index in [0.717, 1.165) is 18.7 Å². The fourth-order valence-corrected chi connectivity index (χ4v) is 1.83. The summed E-state index contributed by atoms with van der Waals surface area (Å²) < 4.78 is 23.1. The molecule has 0 bridgehead atoms. The lowest BCUT2D eigenvalue weighted by molar-refractivity contribution is 0.110. The number of ether oxygens (including phenoxy) is 2. The SMILES string of the molecule is COCCN(CCOC)Cc1ccc(F)cc1Cl. The fourth-order valence-electron chi connectivity index (χ4n) is 1.60. The van der Waals surface area contributed by atoms with Crippen molar-refractivity contribution in [2.24, 2.45) is 0 Å². The number of nitrogens with zero attached hydrogens (tertiary/aromatic N) is 1. The van der Waals surface area contributed by atoms with Gasteiger partial charge in [0, 0.05) is 38.9 Å². The molecule has 1 aromatic rings. The first-order valence-corrected chi connectivity index (χ1v) is 6.19. The standard InChI is InChI=1S/C13H19ClFNO2/c1-17-7-5-16(6-8-18-2)10-11-3-4-12(15)9-13(11)14/h3-4,9H,5-8,10H2,1-2H3. The molecule has 0 saturated heterocycles. The van der Waals surface area contributed by atoms with Crippen LogP contribution in [-0.4, -0.2) is 45.4 Å². The van der Waals surface area contributed by atoms with Crippen LogP contribution >= 0.6 is 11.6 Å². The van der Waals surface area contributed by atoms with Crippen LogP contribution in [0.3, 0.4) is 0 Å². The van der Waals surface area contributed by atoms with E-state index in [0.29, 0.717) is 24.8 Å². The molecule has 1 rings (SSSR count). The number of methoxy groups -OCH3 is 2. The van der Waals surface area contributed by atoms with E-state index in [1.807, 2.05) is 0 Å². The lowest BCUT2D eigenvalue weighted by Crippen LogP contribution is -2.30. The van der Waals surface area contributed by atoms with Gasteiger partial charge >= 0.3 is 0 Å². The highest BCUT2D eigenvalue weighted by molar-refractivity contribution is 6.31. The lowest BCUT2D eigenvalue weighted by Gasteiger charge is -2.22. The zero-order chi connectivity index (χ0) is 13.4. The lowest BCUT2D eigenvalue weighted by atomic mass is 10.2. The summed E-state index contributed by atoms with van der Waals surface area (Å²) in [4.78, 5) is 2.16. The van der Waals surface area contributed by atoms with Crippen LogP contribution in [0.1, 0.15) is 5.56 Å². The van der Waals surface area contributed by atoms with Crippen LogP contribution in [0.25, 0.3) is 0 Å². The Kier molecular flexibility index (Phi) is 7.20. The topological polar surface area (TPSA) is 21.7 Å². The van der Waals surface area contributed by atoms with Crippen molar-refractivity contribution in [1.29, 1.82) is 0 Å². The molecule has 0 aliphatic rings. The van der Waals surface area contributed by atoms with Crippen LogP contribution in [0, 0.1) is 5.82 Å². The normalized spacial score (nSPS) is 11.2. The molecule has 0 radical (unpaired) electrons. The second-order valence-electron chi connectivity index (χ2n) is 4.00. The van der Waals surface area contributed by atoms with Crippen LogP contribution in [0.4, 0.5) is 4.39 Å². The van der Waals surface area contributed by atoms with Gasteiger partial charge in [0.25, 0.3) is 0 Å². The number of halogens is 2. The Bertz CT molecular complexity index is 355. The Balaban J connectivity index is 2.62. The maximum absolute atomic E-state index is 13.0. The summed E-state index contributed by atoms with van der Waals surface area (Å²) in [5, 5.41) is 0.454. The van der Waals surface area contributed by atoms with E-state index in [4.69, 9.17) is 21.1 Å². The van der Waals surface area contributed by atoms with E-state index in [1.54, 1.807) is 20.3 Å². The highest BCUT2D eigenvalue weighted by Crippen LogP contribution is 2.18. The molecule has 0 heterocycles. The van der Waals surface area contributed by atoms with Crippen LogP contribution in [0.15, 0.2) is 18.2 Å². The quantitative estimate of drug-likeness (QED) is 0.728. The molecule has 0 N–H and O–H groups in total. The minimum absolute atomic E-state index is 0.316. The Morgan fingerprint density at radius 3 is 2.28 bits per heavy atom. The molecule has 1 aromatic carbocycles. The van der Waals surface area contributed by atoms with Gasteiger partial charge in [-0.1, -0.05) is 17.7 Å². The Morgan fingerprint density at radius 1 is 1.17 bits per heavy atom. The minimum Gasteiger partial charge on any atom is -0.383 e. The fraction of sp³-hybridized carbons (Fsp3) is 0.538. The highest BCUT2D eigenvalue weighted by atomic mass is 35.5. The highest BCUT2D eigenvalue weighted by Gasteiger charge is 2.09. The summed E-state index contributed by atoms with van der Waals surface area (Å²) in [5.74, 6) is -0.316. The zero-order valence-corrected chi connectivity index (χ0v) is 11.5. The van der Waals surface area contributed by atoms with Crippen molar-refractivity contribution in [3.05, 3.63) is 34.6 Å². The van der Waals surface area contributed by atoms with Crippen molar-refractivity contribution < 1.29 is 13.9 Å². The third-order valence-electron chi connectivity index (χ3n) is 2.63. The Labute approximate surface area is 112 Å². The van der Waals surface area contributed by atoms with Gasteiger partial charge in [-0.3, -0.25) is 4.90 Å². The van der Waals surface area contributed by atoms with E-state index >= 15 is 0 Å². The van der Waals surface area contributed by atoms with E-state index in [-0.39, 0.29) is 5.82 Å². The summed E-state index contributed by atoms with van der Waals surface area (Å²) >= 11 is 6.01. The largest absolute Gasteiger partial charge is 0.383 e. The summed E-state index contributed by atoms with van der Waals surface area (Å²) in [7, 11) is 3.33. The molecule has 0 saturated carbocycles. The van der Waals surface area contributed by atoms with Crippen molar-refractivity contribution in [3.63, 3.8) is 0 Å². The van der Waals surface area contributed by atoms with Crippen molar-refractivity contribution in [2.75, 3.05) is 40.5 Å². The molecule has 5 heteroatoms. The van der Waals surface area contributed by atoms with Gasteiger partial charge in [-0.05, 0) is 17.7 Å². The van der Waals surface area contributed by atoms with E-state index in [2.05, 4.69) is 4.90 Å². The summed E-state index contributed by atoms with van der Waals surface area (Å²) in [6, 6.07) is 4.47. The van der Waals surface area contributed by atoms with Gasteiger partial charge in [0.05, 0.1) is 13.2 Å². The average molecular weight is 276 g/mol. The van der Waals surface area contributed by atoms with Gasteiger partial charge in [0.15, 0.2) is 0 Å². The van der Waals surface area contributed by atoms with Gasteiger partial charge in [0.2, 0.25) is 0 Å². The Morgan fingerprint density at radius 2 is 1.78 bits per heavy atom. The molecule has 0 amide bonds. The number of benzene rings is 1. The van der Waals surface area contributed by atoms with Gasteiger partial charge in [0.1, 0.15) is 5.82 Å². The second-order valence-corrected chi connectivity index (χ2v) is 4.40. The summed E-state index contributed by atoms with van der Waals surface area (Å²) in [6.45, 7) is 3.51. The Hall–Kier alpha value is -0.680. The third kappa shape index (κ3) is 5.31. The maximum atomic E-state index is 13.0.